The molecule has 1 fully saturated rings. The van der Waals surface area contributed by atoms with E-state index in [0.29, 0.717) is 25.0 Å². The van der Waals surface area contributed by atoms with Gasteiger partial charge in [0.1, 0.15) is 0 Å². The molecule has 0 aliphatic heterocycles. The van der Waals surface area contributed by atoms with Crippen molar-refractivity contribution in [2.45, 2.75) is 46.1 Å². The molecule has 0 heterocycles. The molecule has 20 heavy (non-hydrogen) atoms. The molecule has 3 atom stereocenters. The van der Waals surface area contributed by atoms with Crippen molar-refractivity contribution >= 4 is 0 Å². The second kappa shape index (κ2) is 6.98. The smallest absolute Gasteiger partial charge is 0.161 e. The standard InChI is InChI=1S/C17H27NO2/c1-4-19-15-10-9-13(11-16(15)20-5-2)17(18)14-8-6-7-12(14)3/h9-12,14,17H,4-8,18H2,1-3H3. The second-order valence-corrected chi connectivity index (χ2v) is 5.67. The third-order valence-electron chi connectivity index (χ3n) is 4.34. The van der Waals surface area contributed by atoms with E-state index in [4.69, 9.17) is 15.2 Å². The fourth-order valence-electron chi connectivity index (χ4n) is 3.23. The van der Waals surface area contributed by atoms with Crippen LogP contribution in [0, 0.1) is 11.8 Å². The maximum absolute atomic E-state index is 6.48. The molecule has 0 spiro atoms. The molecule has 3 unspecified atom stereocenters. The van der Waals surface area contributed by atoms with Gasteiger partial charge in [-0.25, -0.2) is 0 Å². The molecule has 1 aromatic rings. The molecule has 0 aromatic heterocycles. The molecule has 3 heteroatoms. The Labute approximate surface area is 122 Å². The highest BCUT2D eigenvalue weighted by Crippen LogP contribution is 2.40. The number of nitrogens with two attached hydrogens (primary N) is 1. The van der Waals surface area contributed by atoms with Crippen LogP contribution in [0.3, 0.4) is 0 Å². The predicted octanol–water partition coefficient (Wildman–Crippen LogP) is 3.92. The van der Waals surface area contributed by atoms with Gasteiger partial charge in [-0.05, 0) is 49.8 Å². The second-order valence-electron chi connectivity index (χ2n) is 5.67. The minimum absolute atomic E-state index is 0.0994. The first-order chi connectivity index (χ1) is 9.67. The molecule has 1 aliphatic rings. The fraction of sp³-hybridized carbons (Fsp3) is 0.647. The van der Waals surface area contributed by atoms with Gasteiger partial charge in [0.25, 0.3) is 0 Å². The van der Waals surface area contributed by atoms with E-state index < -0.39 is 0 Å². The average Bonchev–Trinajstić information content (AvgIpc) is 2.86. The minimum atomic E-state index is 0.0994. The zero-order valence-electron chi connectivity index (χ0n) is 12.9. The molecule has 2 rings (SSSR count). The third kappa shape index (κ3) is 3.26. The topological polar surface area (TPSA) is 44.5 Å². The Morgan fingerprint density at radius 2 is 1.85 bits per heavy atom. The van der Waals surface area contributed by atoms with Gasteiger partial charge in [-0.15, -0.1) is 0 Å². The van der Waals surface area contributed by atoms with Gasteiger partial charge < -0.3 is 15.2 Å². The molecule has 0 saturated heterocycles. The Morgan fingerprint density at radius 3 is 2.45 bits per heavy atom. The van der Waals surface area contributed by atoms with E-state index in [2.05, 4.69) is 19.1 Å². The maximum Gasteiger partial charge on any atom is 0.161 e. The molecule has 0 amide bonds. The number of rotatable bonds is 6. The summed E-state index contributed by atoms with van der Waals surface area (Å²) in [5.74, 6) is 2.92. The quantitative estimate of drug-likeness (QED) is 0.857. The summed E-state index contributed by atoms with van der Waals surface area (Å²) in [6.07, 6.45) is 3.84. The lowest BCUT2D eigenvalue weighted by Gasteiger charge is -2.24. The maximum atomic E-state index is 6.48. The first-order valence-corrected chi connectivity index (χ1v) is 7.82. The first-order valence-electron chi connectivity index (χ1n) is 7.82. The van der Waals surface area contributed by atoms with Crippen molar-refractivity contribution in [2.24, 2.45) is 17.6 Å². The SMILES string of the molecule is CCOc1ccc(C(N)C2CCCC2C)cc1OCC. The van der Waals surface area contributed by atoms with Crippen molar-refractivity contribution in [2.75, 3.05) is 13.2 Å². The summed E-state index contributed by atoms with van der Waals surface area (Å²) < 4.78 is 11.3. The summed E-state index contributed by atoms with van der Waals surface area (Å²) in [4.78, 5) is 0. The first kappa shape index (κ1) is 15.2. The van der Waals surface area contributed by atoms with Gasteiger partial charge in [0, 0.05) is 6.04 Å². The normalized spacial score (nSPS) is 23.6. The zero-order valence-corrected chi connectivity index (χ0v) is 12.9. The van der Waals surface area contributed by atoms with Gasteiger partial charge >= 0.3 is 0 Å². The van der Waals surface area contributed by atoms with Gasteiger partial charge in [0.15, 0.2) is 11.5 Å². The van der Waals surface area contributed by atoms with E-state index >= 15 is 0 Å². The molecule has 3 nitrogen and oxygen atoms in total. The molecule has 2 N–H and O–H groups in total. The van der Waals surface area contributed by atoms with Crippen LogP contribution in [0.2, 0.25) is 0 Å². The highest BCUT2D eigenvalue weighted by molar-refractivity contribution is 5.44. The van der Waals surface area contributed by atoms with Crippen molar-refractivity contribution < 1.29 is 9.47 Å². The molecule has 0 radical (unpaired) electrons. The molecular weight excluding hydrogens is 250 g/mol. The summed E-state index contributed by atoms with van der Waals surface area (Å²) in [6, 6.07) is 6.24. The lowest BCUT2D eigenvalue weighted by Crippen LogP contribution is -2.23. The Hall–Kier alpha value is -1.22. The van der Waals surface area contributed by atoms with E-state index in [-0.39, 0.29) is 6.04 Å². The van der Waals surface area contributed by atoms with Crippen LogP contribution in [-0.2, 0) is 0 Å². The van der Waals surface area contributed by atoms with Crippen LogP contribution in [0.5, 0.6) is 11.5 Å². The van der Waals surface area contributed by atoms with Crippen molar-refractivity contribution in [1.82, 2.24) is 0 Å². The number of hydrogen-bond donors (Lipinski definition) is 1. The molecule has 1 saturated carbocycles. The van der Waals surface area contributed by atoms with Crippen molar-refractivity contribution in [3.63, 3.8) is 0 Å². The van der Waals surface area contributed by atoms with Crippen LogP contribution in [0.4, 0.5) is 0 Å². The summed E-state index contributed by atoms with van der Waals surface area (Å²) in [5.41, 5.74) is 7.65. The molecule has 0 bridgehead atoms. The monoisotopic (exact) mass is 277 g/mol. The molecule has 1 aliphatic carbocycles. The summed E-state index contributed by atoms with van der Waals surface area (Å²) in [7, 11) is 0. The van der Waals surface area contributed by atoms with E-state index in [1.165, 1.54) is 19.3 Å². The van der Waals surface area contributed by atoms with Gasteiger partial charge in [0.2, 0.25) is 0 Å². The highest BCUT2D eigenvalue weighted by atomic mass is 16.5. The van der Waals surface area contributed by atoms with Crippen molar-refractivity contribution in [3.8, 4) is 11.5 Å². The van der Waals surface area contributed by atoms with Crippen molar-refractivity contribution in [3.05, 3.63) is 23.8 Å². The summed E-state index contributed by atoms with van der Waals surface area (Å²) in [5, 5.41) is 0. The van der Waals surface area contributed by atoms with E-state index in [9.17, 15) is 0 Å². The van der Waals surface area contributed by atoms with Crippen LogP contribution < -0.4 is 15.2 Å². The van der Waals surface area contributed by atoms with Crippen LogP contribution in [0.15, 0.2) is 18.2 Å². The summed E-state index contributed by atoms with van der Waals surface area (Å²) in [6.45, 7) is 7.57. The molecular formula is C17H27NO2. The minimum Gasteiger partial charge on any atom is -0.490 e. The number of ether oxygens (including phenoxy) is 2. The van der Waals surface area contributed by atoms with E-state index in [1.54, 1.807) is 0 Å². The Morgan fingerprint density at radius 1 is 1.15 bits per heavy atom. The largest absolute Gasteiger partial charge is 0.490 e. The van der Waals surface area contributed by atoms with Gasteiger partial charge in [0.05, 0.1) is 13.2 Å². The van der Waals surface area contributed by atoms with E-state index in [0.717, 1.165) is 17.1 Å². The highest BCUT2D eigenvalue weighted by Gasteiger charge is 2.30. The number of hydrogen-bond acceptors (Lipinski definition) is 3. The zero-order chi connectivity index (χ0) is 14.5. The van der Waals surface area contributed by atoms with Crippen LogP contribution >= 0.6 is 0 Å². The van der Waals surface area contributed by atoms with Crippen molar-refractivity contribution in [1.29, 1.82) is 0 Å². The third-order valence-corrected chi connectivity index (χ3v) is 4.34. The Kier molecular flexibility index (Phi) is 5.30. The molecule has 112 valence electrons. The Bertz CT molecular complexity index is 433. The summed E-state index contributed by atoms with van der Waals surface area (Å²) >= 11 is 0. The lowest BCUT2D eigenvalue weighted by molar-refractivity contribution is 0.286. The lowest BCUT2D eigenvalue weighted by atomic mass is 9.86. The van der Waals surface area contributed by atoms with E-state index in [1.807, 2.05) is 19.9 Å². The van der Waals surface area contributed by atoms with Crippen LogP contribution in [0.25, 0.3) is 0 Å². The van der Waals surface area contributed by atoms with Gasteiger partial charge in [-0.1, -0.05) is 25.8 Å². The fourth-order valence-corrected chi connectivity index (χ4v) is 3.23. The van der Waals surface area contributed by atoms with Crippen LogP contribution in [-0.4, -0.2) is 13.2 Å². The predicted molar refractivity (Wildman–Crippen MR) is 82.2 cm³/mol. The van der Waals surface area contributed by atoms with Gasteiger partial charge in [-0.3, -0.25) is 0 Å². The molecule has 1 aromatic carbocycles. The number of benzene rings is 1. The van der Waals surface area contributed by atoms with Gasteiger partial charge in [-0.2, -0.15) is 0 Å². The Balaban J connectivity index is 2.20. The van der Waals surface area contributed by atoms with Crippen LogP contribution in [0.1, 0.15) is 51.6 Å². The average molecular weight is 277 g/mol.